The van der Waals surface area contributed by atoms with Crippen molar-refractivity contribution >= 4 is 17.5 Å². The lowest BCUT2D eigenvalue weighted by Crippen LogP contribution is -2.35. The molecule has 0 fully saturated rings. The molecule has 0 aliphatic rings. The van der Waals surface area contributed by atoms with Crippen LogP contribution in [-0.4, -0.2) is 50.9 Å². The summed E-state index contributed by atoms with van der Waals surface area (Å²) in [4.78, 5) is 26.4. The van der Waals surface area contributed by atoms with Crippen molar-refractivity contribution in [3.8, 4) is 11.4 Å². The number of aryl methyl sites for hydroxylation is 3. The molecule has 0 saturated carbocycles. The molecule has 3 aromatic rings. The maximum Gasteiger partial charge on any atom is 0.254 e. The number of carbonyl (C=O) groups is 2. The van der Waals surface area contributed by atoms with Crippen LogP contribution in [0.5, 0.6) is 0 Å². The number of benzene rings is 2. The van der Waals surface area contributed by atoms with E-state index < -0.39 is 0 Å². The number of hydrogen-bond acceptors (Lipinski definition) is 5. The molecule has 1 aromatic heterocycles. The van der Waals surface area contributed by atoms with Crippen LogP contribution in [0, 0.1) is 20.8 Å². The van der Waals surface area contributed by atoms with E-state index in [1.54, 1.807) is 31.3 Å². The van der Waals surface area contributed by atoms with E-state index in [1.165, 1.54) is 4.90 Å². The van der Waals surface area contributed by atoms with Crippen molar-refractivity contribution in [3.63, 3.8) is 0 Å². The summed E-state index contributed by atoms with van der Waals surface area (Å²) in [5, 5.41) is 16.6. The Morgan fingerprint density at radius 1 is 1.07 bits per heavy atom. The topological polar surface area (TPSA) is 104 Å². The molecule has 0 saturated heterocycles. The summed E-state index contributed by atoms with van der Waals surface area (Å²) in [6, 6.07) is 10.9. The van der Waals surface area contributed by atoms with E-state index in [-0.39, 0.29) is 18.4 Å². The number of nitrogens with one attached hydrogen (secondary N) is 2. The first-order valence-corrected chi connectivity index (χ1v) is 8.82. The van der Waals surface area contributed by atoms with Crippen LogP contribution >= 0.6 is 0 Å². The van der Waals surface area contributed by atoms with Crippen LogP contribution in [0.3, 0.4) is 0 Å². The third kappa shape index (κ3) is 4.22. The van der Waals surface area contributed by atoms with E-state index in [9.17, 15) is 9.59 Å². The maximum atomic E-state index is 12.6. The number of anilines is 1. The van der Waals surface area contributed by atoms with Gasteiger partial charge in [-0.2, -0.15) is 5.21 Å². The largest absolute Gasteiger partial charge is 0.332 e. The number of amides is 2. The third-order valence-corrected chi connectivity index (χ3v) is 4.40. The molecule has 0 aliphatic heterocycles. The minimum atomic E-state index is -0.243. The Morgan fingerprint density at radius 2 is 1.71 bits per heavy atom. The SMILES string of the molecule is Cc1cc(C)c(NC(=O)CN(C)C(=O)c2ccc(-c3nn[nH]n3)cc2)c(C)c1. The molecule has 2 amide bonds. The van der Waals surface area contributed by atoms with Crippen LogP contribution in [0.15, 0.2) is 36.4 Å². The highest BCUT2D eigenvalue weighted by Crippen LogP contribution is 2.22. The van der Waals surface area contributed by atoms with Crippen molar-refractivity contribution in [2.75, 3.05) is 18.9 Å². The van der Waals surface area contributed by atoms with Crippen LogP contribution in [0.25, 0.3) is 11.4 Å². The van der Waals surface area contributed by atoms with Gasteiger partial charge in [0.2, 0.25) is 11.7 Å². The lowest BCUT2D eigenvalue weighted by Gasteiger charge is -2.18. The van der Waals surface area contributed by atoms with Crippen molar-refractivity contribution in [2.24, 2.45) is 0 Å². The van der Waals surface area contributed by atoms with E-state index in [1.807, 2.05) is 32.9 Å². The quantitative estimate of drug-likeness (QED) is 0.710. The van der Waals surface area contributed by atoms with E-state index in [0.29, 0.717) is 11.4 Å². The van der Waals surface area contributed by atoms with Gasteiger partial charge in [-0.05, 0) is 49.2 Å². The van der Waals surface area contributed by atoms with Crippen molar-refractivity contribution in [1.29, 1.82) is 0 Å². The summed E-state index contributed by atoms with van der Waals surface area (Å²) in [6.07, 6.45) is 0. The number of H-pyrrole nitrogens is 1. The Bertz CT molecular complexity index is 973. The van der Waals surface area contributed by atoms with Gasteiger partial charge in [0.15, 0.2) is 0 Å². The van der Waals surface area contributed by atoms with Crippen molar-refractivity contribution in [3.05, 3.63) is 58.7 Å². The zero-order valence-corrected chi connectivity index (χ0v) is 16.3. The molecule has 0 atom stereocenters. The zero-order valence-electron chi connectivity index (χ0n) is 16.3. The number of nitrogens with zero attached hydrogens (tertiary/aromatic N) is 4. The molecule has 0 spiro atoms. The lowest BCUT2D eigenvalue weighted by atomic mass is 10.1. The summed E-state index contributed by atoms with van der Waals surface area (Å²) in [7, 11) is 1.60. The average Bonchev–Trinajstić information content (AvgIpc) is 3.19. The van der Waals surface area contributed by atoms with E-state index in [2.05, 4.69) is 25.9 Å². The lowest BCUT2D eigenvalue weighted by molar-refractivity contribution is -0.116. The predicted octanol–water partition coefficient (Wildman–Crippen LogP) is 2.50. The fraction of sp³-hybridized carbons (Fsp3) is 0.250. The number of aromatic amines is 1. The molecule has 0 aliphatic carbocycles. The highest BCUT2D eigenvalue weighted by atomic mass is 16.2. The summed E-state index contributed by atoms with van der Waals surface area (Å²) in [6.45, 7) is 5.88. The number of tetrazole rings is 1. The molecule has 3 rings (SSSR count). The van der Waals surface area contributed by atoms with E-state index in [0.717, 1.165) is 27.9 Å². The molecule has 28 heavy (non-hydrogen) atoms. The fourth-order valence-electron chi connectivity index (χ4n) is 3.11. The number of aromatic nitrogens is 4. The summed E-state index contributed by atoms with van der Waals surface area (Å²) in [5.41, 5.74) is 5.15. The van der Waals surface area contributed by atoms with Gasteiger partial charge in [-0.3, -0.25) is 9.59 Å². The fourth-order valence-corrected chi connectivity index (χ4v) is 3.11. The highest BCUT2D eigenvalue weighted by Gasteiger charge is 2.16. The minimum Gasteiger partial charge on any atom is -0.332 e. The van der Waals surface area contributed by atoms with Gasteiger partial charge in [-0.25, -0.2) is 0 Å². The molecule has 1 heterocycles. The Morgan fingerprint density at radius 3 is 2.29 bits per heavy atom. The number of carbonyl (C=O) groups excluding carboxylic acids is 2. The highest BCUT2D eigenvalue weighted by molar-refractivity contribution is 6.00. The third-order valence-electron chi connectivity index (χ3n) is 4.40. The van der Waals surface area contributed by atoms with Gasteiger partial charge in [0.25, 0.3) is 5.91 Å². The average molecular weight is 378 g/mol. The van der Waals surface area contributed by atoms with Gasteiger partial charge in [-0.15, -0.1) is 10.2 Å². The molecule has 8 heteroatoms. The van der Waals surface area contributed by atoms with Crippen LogP contribution in [0.2, 0.25) is 0 Å². The summed E-state index contributed by atoms with van der Waals surface area (Å²) < 4.78 is 0. The maximum absolute atomic E-state index is 12.6. The van der Waals surface area contributed by atoms with Crippen LogP contribution in [-0.2, 0) is 4.79 Å². The Labute approximate surface area is 163 Å². The molecule has 0 unspecified atom stereocenters. The number of hydrogen-bond donors (Lipinski definition) is 2. The molecule has 8 nitrogen and oxygen atoms in total. The van der Waals surface area contributed by atoms with Crippen molar-refractivity contribution in [2.45, 2.75) is 20.8 Å². The van der Waals surface area contributed by atoms with Gasteiger partial charge in [0.1, 0.15) is 0 Å². The molecular formula is C20H22N6O2. The van der Waals surface area contributed by atoms with E-state index >= 15 is 0 Å². The molecular weight excluding hydrogens is 356 g/mol. The Hall–Kier alpha value is -3.55. The van der Waals surface area contributed by atoms with Crippen molar-refractivity contribution in [1.82, 2.24) is 25.5 Å². The smallest absolute Gasteiger partial charge is 0.254 e. The van der Waals surface area contributed by atoms with Gasteiger partial charge < -0.3 is 10.2 Å². The van der Waals surface area contributed by atoms with Gasteiger partial charge in [-0.1, -0.05) is 29.8 Å². The standard InChI is InChI=1S/C20H22N6O2/c1-12-9-13(2)18(14(3)10-12)21-17(27)11-26(4)20(28)16-7-5-15(6-8-16)19-22-24-25-23-19/h5-10H,11H2,1-4H3,(H,21,27)(H,22,23,24,25). The second-order valence-corrected chi connectivity index (χ2v) is 6.80. The first-order valence-electron chi connectivity index (χ1n) is 8.82. The molecule has 144 valence electrons. The molecule has 0 bridgehead atoms. The van der Waals surface area contributed by atoms with Gasteiger partial charge in [0, 0.05) is 23.9 Å². The first-order chi connectivity index (χ1) is 13.3. The minimum absolute atomic E-state index is 0.0435. The number of likely N-dealkylation sites (N-methyl/N-ethyl adjacent to an activating group) is 1. The van der Waals surface area contributed by atoms with Crippen LogP contribution < -0.4 is 5.32 Å². The first kappa shape index (κ1) is 19.2. The van der Waals surface area contributed by atoms with E-state index in [4.69, 9.17) is 0 Å². The Balaban J connectivity index is 1.64. The number of rotatable bonds is 5. The summed E-state index contributed by atoms with van der Waals surface area (Å²) in [5.74, 6) is -0.0305. The van der Waals surface area contributed by atoms with Gasteiger partial charge in [0.05, 0.1) is 6.54 Å². The summed E-state index contributed by atoms with van der Waals surface area (Å²) >= 11 is 0. The van der Waals surface area contributed by atoms with Crippen LogP contribution in [0.4, 0.5) is 5.69 Å². The van der Waals surface area contributed by atoms with Crippen molar-refractivity contribution < 1.29 is 9.59 Å². The monoisotopic (exact) mass is 378 g/mol. The molecule has 0 radical (unpaired) electrons. The normalized spacial score (nSPS) is 10.6. The van der Waals surface area contributed by atoms with Crippen LogP contribution in [0.1, 0.15) is 27.0 Å². The second-order valence-electron chi connectivity index (χ2n) is 6.80. The Kier molecular flexibility index (Phi) is 5.49. The predicted molar refractivity (Wildman–Crippen MR) is 106 cm³/mol. The molecule has 2 N–H and O–H groups in total. The van der Waals surface area contributed by atoms with Gasteiger partial charge >= 0.3 is 0 Å². The second kappa shape index (κ2) is 7.99. The molecule has 2 aromatic carbocycles. The zero-order chi connectivity index (χ0) is 20.3.